The molecule has 6 heteroatoms. The number of carbonyl (C=O) groups is 1. The van der Waals surface area contributed by atoms with Crippen LogP contribution in [0.15, 0.2) is 0 Å². The molecule has 102 valence electrons. The van der Waals surface area contributed by atoms with Crippen LogP contribution in [0.3, 0.4) is 0 Å². The molecule has 0 aliphatic heterocycles. The average Bonchev–Trinajstić information content (AvgIpc) is 2.72. The number of likely N-dealkylation sites (N-methyl/N-ethyl adjacent to an activating group) is 1. The van der Waals surface area contributed by atoms with E-state index < -0.39 is 0 Å². The summed E-state index contributed by atoms with van der Waals surface area (Å²) in [5.41, 5.74) is -0.0159. The SMILES string of the molecule is CNC(=O)C(Nc1nnc(C(C)(C)C)s1)C(C)C. The summed E-state index contributed by atoms with van der Waals surface area (Å²) >= 11 is 1.50. The van der Waals surface area contributed by atoms with Crippen molar-refractivity contribution in [3.05, 3.63) is 5.01 Å². The number of anilines is 1. The molecule has 1 heterocycles. The molecule has 0 spiro atoms. The number of carbonyl (C=O) groups excluding carboxylic acids is 1. The molecule has 1 atom stereocenters. The van der Waals surface area contributed by atoms with E-state index in [9.17, 15) is 4.79 Å². The molecule has 1 rings (SSSR count). The quantitative estimate of drug-likeness (QED) is 0.878. The molecule has 1 amide bonds. The van der Waals surface area contributed by atoms with Crippen LogP contribution in [0.25, 0.3) is 0 Å². The fourth-order valence-corrected chi connectivity index (χ4v) is 2.25. The number of hydrogen-bond donors (Lipinski definition) is 2. The molecule has 0 radical (unpaired) electrons. The topological polar surface area (TPSA) is 66.9 Å². The smallest absolute Gasteiger partial charge is 0.242 e. The van der Waals surface area contributed by atoms with E-state index in [0.29, 0.717) is 5.13 Å². The van der Waals surface area contributed by atoms with Gasteiger partial charge in [0.1, 0.15) is 11.0 Å². The summed E-state index contributed by atoms with van der Waals surface area (Å²) in [7, 11) is 1.64. The van der Waals surface area contributed by atoms with Gasteiger partial charge in [-0.3, -0.25) is 4.79 Å². The highest BCUT2D eigenvalue weighted by Crippen LogP contribution is 2.28. The van der Waals surface area contributed by atoms with Crippen molar-refractivity contribution < 1.29 is 4.79 Å². The highest BCUT2D eigenvalue weighted by atomic mass is 32.1. The minimum Gasteiger partial charge on any atom is -0.357 e. The Bertz CT molecular complexity index is 408. The lowest BCUT2D eigenvalue weighted by molar-refractivity contribution is -0.122. The third-order valence-electron chi connectivity index (χ3n) is 2.54. The molecule has 5 nitrogen and oxygen atoms in total. The lowest BCUT2D eigenvalue weighted by atomic mass is 9.98. The van der Waals surface area contributed by atoms with Gasteiger partial charge in [0.25, 0.3) is 0 Å². The monoisotopic (exact) mass is 270 g/mol. The van der Waals surface area contributed by atoms with Crippen molar-refractivity contribution in [2.24, 2.45) is 5.92 Å². The maximum atomic E-state index is 11.7. The van der Waals surface area contributed by atoms with Gasteiger partial charge in [-0.05, 0) is 5.92 Å². The molecule has 1 unspecified atom stereocenters. The summed E-state index contributed by atoms with van der Waals surface area (Å²) in [6.07, 6.45) is 0. The Kier molecular flexibility index (Phi) is 4.67. The third-order valence-corrected chi connectivity index (χ3v) is 3.82. The van der Waals surface area contributed by atoms with Crippen molar-refractivity contribution in [2.45, 2.75) is 46.1 Å². The Morgan fingerprint density at radius 2 is 1.89 bits per heavy atom. The van der Waals surface area contributed by atoms with Gasteiger partial charge in [-0.25, -0.2) is 0 Å². The van der Waals surface area contributed by atoms with E-state index in [1.165, 1.54) is 11.3 Å². The largest absolute Gasteiger partial charge is 0.357 e. The van der Waals surface area contributed by atoms with Crippen molar-refractivity contribution in [1.82, 2.24) is 15.5 Å². The molecule has 0 saturated carbocycles. The molecule has 0 saturated heterocycles. The second-order valence-corrected chi connectivity index (χ2v) is 6.62. The minimum atomic E-state index is -0.282. The minimum absolute atomic E-state index is 0.0159. The van der Waals surface area contributed by atoms with Gasteiger partial charge in [0, 0.05) is 12.5 Å². The maximum Gasteiger partial charge on any atom is 0.242 e. The predicted molar refractivity (Wildman–Crippen MR) is 74.9 cm³/mol. The summed E-state index contributed by atoms with van der Waals surface area (Å²) in [5, 5.41) is 15.7. The van der Waals surface area contributed by atoms with Gasteiger partial charge >= 0.3 is 0 Å². The zero-order valence-corrected chi connectivity index (χ0v) is 12.7. The van der Waals surface area contributed by atoms with Crippen LogP contribution in [0.2, 0.25) is 0 Å². The van der Waals surface area contributed by atoms with Gasteiger partial charge in [0.05, 0.1) is 0 Å². The molecule has 0 aliphatic carbocycles. The second-order valence-electron chi connectivity index (χ2n) is 5.64. The molecular formula is C12H22N4OS. The van der Waals surface area contributed by atoms with Gasteiger partial charge in [-0.1, -0.05) is 46.0 Å². The number of hydrogen-bond acceptors (Lipinski definition) is 5. The van der Waals surface area contributed by atoms with Gasteiger partial charge in [0.2, 0.25) is 11.0 Å². The Morgan fingerprint density at radius 1 is 1.28 bits per heavy atom. The van der Waals surface area contributed by atoms with Crippen LogP contribution in [0.5, 0.6) is 0 Å². The standard InChI is InChI=1S/C12H22N4OS/c1-7(2)8(9(17)13-6)14-11-16-15-10(18-11)12(3,4)5/h7-8H,1-6H3,(H,13,17)(H,14,16). The van der Waals surface area contributed by atoms with E-state index in [1.807, 2.05) is 13.8 Å². The van der Waals surface area contributed by atoms with Crippen LogP contribution in [0, 0.1) is 5.92 Å². The molecule has 2 N–H and O–H groups in total. The van der Waals surface area contributed by atoms with E-state index in [0.717, 1.165) is 5.01 Å². The number of aromatic nitrogens is 2. The summed E-state index contributed by atoms with van der Waals surface area (Å²) < 4.78 is 0. The van der Waals surface area contributed by atoms with E-state index >= 15 is 0 Å². The molecule has 1 aromatic heterocycles. The van der Waals surface area contributed by atoms with Crippen molar-refractivity contribution in [1.29, 1.82) is 0 Å². The predicted octanol–water partition coefficient (Wildman–Crippen LogP) is 2.02. The zero-order chi connectivity index (χ0) is 13.9. The van der Waals surface area contributed by atoms with E-state index in [4.69, 9.17) is 0 Å². The van der Waals surface area contributed by atoms with Crippen LogP contribution in [0.4, 0.5) is 5.13 Å². The lowest BCUT2D eigenvalue weighted by Gasteiger charge is -2.19. The average molecular weight is 270 g/mol. The number of rotatable bonds is 4. The summed E-state index contributed by atoms with van der Waals surface area (Å²) in [6, 6.07) is -0.282. The Morgan fingerprint density at radius 3 is 2.28 bits per heavy atom. The van der Waals surface area contributed by atoms with E-state index in [2.05, 4.69) is 41.6 Å². The summed E-state index contributed by atoms with van der Waals surface area (Å²) in [5.74, 6) is 0.157. The van der Waals surface area contributed by atoms with Gasteiger partial charge in [0.15, 0.2) is 0 Å². The van der Waals surface area contributed by atoms with Crippen LogP contribution in [-0.2, 0) is 10.2 Å². The fraction of sp³-hybridized carbons (Fsp3) is 0.750. The first kappa shape index (κ1) is 14.9. The van der Waals surface area contributed by atoms with Crippen molar-refractivity contribution in [2.75, 3.05) is 12.4 Å². The first-order valence-corrected chi connectivity index (χ1v) is 6.89. The van der Waals surface area contributed by atoms with Crippen LogP contribution < -0.4 is 10.6 Å². The molecule has 0 aliphatic rings. The Labute approximate surface area is 112 Å². The van der Waals surface area contributed by atoms with Crippen molar-refractivity contribution >= 4 is 22.4 Å². The van der Waals surface area contributed by atoms with Gasteiger partial charge in [-0.2, -0.15) is 0 Å². The van der Waals surface area contributed by atoms with Crippen molar-refractivity contribution in [3.8, 4) is 0 Å². The molecule has 0 fully saturated rings. The molecule has 0 bridgehead atoms. The number of nitrogens with one attached hydrogen (secondary N) is 2. The molecule has 1 aromatic rings. The number of amides is 1. The maximum absolute atomic E-state index is 11.7. The first-order valence-electron chi connectivity index (χ1n) is 6.07. The molecule has 18 heavy (non-hydrogen) atoms. The third kappa shape index (κ3) is 3.66. The second kappa shape index (κ2) is 5.65. The lowest BCUT2D eigenvalue weighted by Crippen LogP contribution is -2.41. The molecular weight excluding hydrogens is 248 g/mol. The summed E-state index contributed by atoms with van der Waals surface area (Å²) in [6.45, 7) is 10.3. The Balaban J connectivity index is 2.82. The zero-order valence-electron chi connectivity index (χ0n) is 11.9. The Hall–Kier alpha value is -1.17. The fourth-order valence-electron chi connectivity index (χ4n) is 1.41. The first-order chi connectivity index (χ1) is 8.25. The molecule has 0 aromatic carbocycles. The van der Waals surface area contributed by atoms with E-state index in [1.54, 1.807) is 7.05 Å². The highest BCUT2D eigenvalue weighted by molar-refractivity contribution is 7.15. The van der Waals surface area contributed by atoms with Crippen LogP contribution in [-0.4, -0.2) is 29.2 Å². The number of nitrogens with zero attached hydrogens (tertiary/aromatic N) is 2. The van der Waals surface area contributed by atoms with Gasteiger partial charge < -0.3 is 10.6 Å². The normalized spacial score (nSPS) is 13.5. The van der Waals surface area contributed by atoms with Crippen LogP contribution >= 0.6 is 11.3 Å². The van der Waals surface area contributed by atoms with E-state index in [-0.39, 0.29) is 23.3 Å². The summed E-state index contributed by atoms with van der Waals surface area (Å²) in [4.78, 5) is 11.7. The van der Waals surface area contributed by atoms with Crippen LogP contribution in [0.1, 0.15) is 39.6 Å². The van der Waals surface area contributed by atoms with Gasteiger partial charge in [-0.15, -0.1) is 10.2 Å². The highest BCUT2D eigenvalue weighted by Gasteiger charge is 2.24. The van der Waals surface area contributed by atoms with Crippen molar-refractivity contribution in [3.63, 3.8) is 0 Å².